The zero-order valence-corrected chi connectivity index (χ0v) is 28.1. The van der Waals surface area contributed by atoms with Crippen LogP contribution in [-0.2, 0) is 0 Å². The third-order valence-electron chi connectivity index (χ3n) is 11.3. The lowest BCUT2D eigenvalue weighted by Gasteiger charge is -2.12. The van der Waals surface area contributed by atoms with Gasteiger partial charge in [-0.15, -0.1) is 0 Å². The number of nitrogens with one attached hydrogen (secondary N) is 1. The van der Waals surface area contributed by atoms with Gasteiger partial charge in [0.2, 0.25) is 0 Å². The van der Waals surface area contributed by atoms with Crippen molar-refractivity contribution in [1.82, 2.24) is 19.4 Å². The fourth-order valence-corrected chi connectivity index (χ4v) is 8.96. The number of benzene rings is 7. The second kappa shape index (κ2) is 10.3. The number of hydrogen-bond acceptors (Lipinski definition) is 2. The van der Waals surface area contributed by atoms with Crippen LogP contribution < -0.4 is 5.32 Å². The largest absolute Gasteiger partial charge is 0.387 e. The molecule has 2 aliphatic rings. The van der Waals surface area contributed by atoms with Crippen molar-refractivity contribution in [3.8, 4) is 22.6 Å². The molecule has 12 rings (SSSR count). The molecule has 0 saturated heterocycles. The minimum Gasteiger partial charge on any atom is -0.387 e. The zero-order chi connectivity index (χ0) is 33.9. The number of nitrogens with zero attached hydrogens (tertiary/aromatic N) is 3. The van der Waals surface area contributed by atoms with E-state index in [4.69, 9.17) is 4.98 Å². The molecule has 4 heteroatoms. The highest BCUT2D eigenvalue weighted by atomic mass is 15.1. The van der Waals surface area contributed by atoms with E-state index < -0.39 is 0 Å². The van der Waals surface area contributed by atoms with Crippen LogP contribution in [-0.4, -0.2) is 20.7 Å². The Morgan fingerprint density at radius 2 is 1.17 bits per heavy atom. The lowest BCUT2D eigenvalue weighted by molar-refractivity contribution is 0.992. The van der Waals surface area contributed by atoms with E-state index in [1.165, 1.54) is 87.6 Å². The molecule has 0 spiro atoms. The van der Waals surface area contributed by atoms with E-state index in [0.29, 0.717) is 0 Å². The number of pyridine rings is 1. The second-order valence-corrected chi connectivity index (χ2v) is 14.0. The summed E-state index contributed by atoms with van der Waals surface area (Å²) in [6, 6.07) is 55.6. The number of aromatic nitrogens is 3. The van der Waals surface area contributed by atoms with Gasteiger partial charge in [-0.05, 0) is 111 Å². The summed E-state index contributed by atoms with van der Waals surface area (Å²) in [6.45, 7) is 0.819. The van der Waals surface area contributed by atoms with Gasteiger partial charge in [-0.2, -0.15) is 0 Å². The quantitative estimate of drug-likeness (QED) is 0.204. The molecule has 0 atom stereocenters. The number of hydrogen-bond donors (Lipinski definition) is 1. The van der Waals surface area contributed by atoms with Crippen LogP contribution in [0.4, 0.5) is 0 Å². The molecule has 242 valence electrons. The Morgan fingerprint density at radius 1 is 0.500 bits per heavy atom. The summed E-state index contributed by atoms with van der Waals surface area (Å²) in [5, 5.41) is 13.3. The summed E-state index contributed by atoms with van der Waals surface area (Å²) in [5.74, 6) is 0.943. The van der Waals surface area contributed by atoms with Gasteiger partial charge < -0.3 is 9.88 Å². The molecule has 0 unspecified atom stereocenters. The first-order valence-corrected chi connectivity index (χ1v) is 17.9. The maximum Gasteiger partial charge on any atom is 0.138 e. The minimum absolute atomic E-state index is 0.819. The normalized spacial score (nSPS) is 13.7. The van der Waals surface area contributed by atoms with Crippen LogP contribution in [0.5, 0.6) is 0 Å². The molecule has 7 aromatic carbocycles. The van der Waals surface area contributed by atoms with Gasteiger partial charge in [0.1, 0.15) is 5.82 Å². The fourth-order valence-electron chi connectivity index (χ4n) is 8.96. The van der Waals surface area contributed by atoms with Crippen molar-refractivity contribution in [3.05, 3.63) is 175 Å². The van der Waals surface area contributed by atoms with Gasteiger partial charge in [0.05, 0.1) is 27.8 Å². The Balaban J connectivity index is 1.10. The number of dihydropyridines is 1. The van der Waals surface area contributed by atoms with Crippen molar-refractivity contribution >= 4 is 76.3 Å². The molecule has 52 heavy (non-hydrogen) atoms. The molecule has 1 N–H and O–H groups in total. The Bertz CT molecular complexity index is 3230. The Labute approximate surface area is 299 Å². The summed E-state index contributed by atoms with van der Waals surface area (Å²) in [6.07, 6.45) is 4.24. The Hall–Kier alpha value is -6.91. The number of rotatable bonds is 3. The molecular weight excluding hydrogens is 633 g/mol. The molecule has 0 radical (unpaired) electrons. The maximum absolute atomic E-state index is 5.47. The molecule has 10 aromatic rings. The molecule has 4 nitrogen and oxygen atoms in total. The highest BCUT2D eigenvalue weighted by molar-refractivity contribution is 6.18. The average molecular weight is 663 g/mol. The molecule has 3 aromatic heterocycles. The van der Waals surface area contributed by atoms with Crippen molar-refractivity contribution in [2.75, 3.05) is 6.54 Å². The van der Waals surface area contributed by atoms with E-state index in [-0.39, 0.29) is 0 Å². The molecule has 1 aliphatic carbocycles. The van der Waals surface area contributed by atoms with Crippen molar-refractivity contribution in [1.29, 1.82) is 0 Å². The smallest absolute Gasteiger partial charge is 0.138 e. The van der Waals surface area contributed by atoms with Gasteiger partial charge >= 0.3 is 0 Å². The van der Waals surface area contributed by atoms with E-state index in [2.05, 4.69) is 178 Å². The number of para-hydroxylation sites is 2. The molecule has 0 saturated carbocycles. The Kier molecular flexibility index (Phi) is 5.53. The molecule has 1 aliphatic heterocycles. The lowest BCUT2D eigenvalue weighted by Crippen LogP contribution is -2.12. The first-order valence-electron chi connectivity index (χ1n) is 17.9. The number of fused-ring (bicyclic) bond motifs is 9. The maximum atomic E-state index is 5.47. The van der Waals surface area contributed by atoms with Crippen molar-refractivity contribution in [3.63, 3.8) is 0 Å². The standard InChI is InChI=1S/C48H30N4/c1-2-12-34(13-3-1)51-42-16-7-6-14-35(42)38-24-31(17-19-43(38)51)32-18-20-44-39(25-32)40-23-29-9-4-5-10-30(29)26-45(40)52(44)46-27-33-11-8-15-36-41-28-49-22-21-37(41)48(50-46)47(33)36/h1-27,49H,28H2. The first kappa shape index (κ1) is 27.9. The fraction of sp³-hybridized carbons (Fsp3) is 0.0208. The topological polar surface area (TPSA) is 34.8 Å². The second-order valence-electron chi connectivity index (χ2n) is 14.0. The van der Waals surface area contributed by atoms with Crippen LogP contribution >= 0.6 is 0 Å². The minimum atomic E-state index is 0.819. The van der Waals surface area contributed by atoms with Crippen molar-refractivity contribution in [2.45, 2.75) is 0 Å². The molecule has 0 bridgehead atoms. The summed E-state index contributed by atoms with van der Waals surface area (Å²) in [7, 11) is 0. The zero-order valence-electron chi connectivity index (χ0n) is 28.1. The SMILES string of the molecule is C1=CC2=C(CN1)c1cccc3cc(-n4c5ccc(-c6ccc7c(c6)c6ccccc6n7-c6ccccc6)cc5c5cc6ccccc6cc54)nc2c13. The van der Waals surface area contributed by atoms with Gasteiger partial charge in [-0.3, -0.25) is 4.57 Å². The highest BCUT2D eigenvalue weighted by Crippen LogP contribution is 2.45. The van der Waals surface area contributed by atoms with Gasteiger partial charge in [0, 0.05) is 44.7 Å². The van der Waals surface area contributed by atoms with Crippen molar-refractivity contribution in [2.24, 2.45) is 0 Å². The van der Waals surface area contributed by atoms with Gasteiger partial charge in [0.25, 0.3) is 0 Å². The monoisotopic (exact) mass is 662 g/mol. The van der Waals surface area contributed by atoms with E-state index in [0.717, 1.165) is 29.1 Å². The lowest BCUT2D eigenvalue weighted by atomic mass is 10.00. The predicted octanol–water partition coefficient (Wildman–Crippen LogP) is 11.6. The Morgan fingerprint density at radius 3 is 2.02 bits per heavy atom. The highest BCUT2D eigenvalue weighted by Gasteiger charge is 2.27. The van der Waals surface area contributed by atoms with E-state index in [1.807, 2.05) is 0 Å². The molecule has 0 amide bonds. The third kappa shape index (κ3) is 3.78. The first-order chi connectivity index (χ1) is 25.8. The predicted molar refractivity (Wildman–Crippen MR) is 217 cm³/mol. The summed E-state index contributed by atoms with van der Waals surface area (Å²) in [5.41, 5.74) is 13.2. The van der Waals surface area contributed by atoms with Crippen molar-refractivity contribution < 1.29 is 0 Å². The van der Waals surface area contributed by atoms with E-state index >= 15 is 0 Å². The van der Waals surface area contributed by atoms with Gasteiger partial charge in [-0.1, -0.05) is 91.0 Å². The van der Waals surface area contributed by atoms with E-state index in [9.17, 15) is 0 Å². The van der Waals surface area contributed by atoms with Crippen LogP contribution in [0, 0.1) is 0 Å². The van der Waals surface area contributed by atoms with Crippen LogP contribution in [0.25, 0.3) is 98.9 Å². The van der Waals surface area contributed by atoms with E-state index in [1.54, 1.807) is 0 Å². The summed E-state index contributed by atoms with van der Waals surface area (Å²) in [4.78, 5) is 5.47. The number of allylic oxidation sites excluding steroid dienone is 2. The molecule has 0 fully saturated rings. The van der Waals surface area contributed by atoms with Gasteiger partial charge in [-0.25, -0.2) is 4.98 Å². The van der Waals surface area contributed by atoms with Crippen LogP contribution in [0.2, 0.25) is 0 Å². The third-order valence-corrected chi connectivity index (χ3v) is 11.3. The van der Waals surface area contributed by atoms with Crippen LogP contribution in [0.15, 0.2) is 164 Å². The summed E-state index contributed by atoms with van der Waals surface area (Å²) >= 11 is 0. The molecular formula is C48H30N4. The average Bonchev–Trinajstić information content (AvgIpc) is 3.83. The summed E-state index contributed by atoms with van der Waals surface area (Å²) < 4.78 is 4.75. The van der Waals surface area contributed by atoms with Gasteiger partial charge in [0.15, 0.2) is 0 Å². The van der Waals surface area contributed by atoms with Crippen LogP contribution in [0.3, 0.4) is 0 Å². The molecule has 4 heterocycles. The van der Waals surface area contributed by atoms with Crippen LogP contribution in [0.1, 0.15) is 11.3 Å².